The molecule has 1 rings (SSSR count). The monoisotopic (exact) mass is 259 g/mol. The molecule has 0 aliphatic rings. The molecule has 0 heterocycles. The molecule has 4 heteroatoms. The lowest BCUT2D eigenvalue weighted by molar-refractivity contribution is 0.0797. The zero-order valence-corrected chi connectivity index (χ0v) is 11.9. The summed E-state index contributed by atoms with van der Waals surface area (Å²) < 4.78 is 0. The Hall–Kier alpha value is -2.02. The van der Waals surface area contributed by atoms with Crippen molar-refractivity contribution >= 4 is 11.6 Å². The maximum absolute atomic E-state index is 12.2. The second-order valence-corrected chi connectivity index (χ2v) is 4.59. The summed E-state index contributed by atoms with van der Waals surface area (Å²) in [7, 11) is 1.72. The minimum Gasteiger partial charge on any atom is -0.385 e. The highest BCUT2D eigenvalue weighted by atomic mass is 16.2. The third-order valence-corrected chi connectivity index (χ3v) is 2.94. The van der Waals surface area contributed by atoms with Crippen molar-refractivity contribution in [2.75, 3.05) is 25.5 Å². The van der Waals surface area contributed by atoms with Crippen LogP contribution in [0.4, 0.5) is 5.69 Å². The maximum atomic E-state index is 12.2. The van der Waals surface area contributed by atoms with Crippen molar-refractivity contribution in [3.05, 3.63) is 29.3 Å². The molecule has 0 aliphatic heterocycles. The first-order valence-corrected chi connectivity index (χ1v) is 6.57. The summed E-state index contributed by atoms with van der Waals surface area (Å²) in [5, 5.41) is 11.8. The van der Waals surface area contributed by atoms with E-state index in [0.717, 1.165) is 24.2 Å². The van der Waals surface area contributed by atoms with Crippen LogP contribution in [0.15, 0.2) is 18.2 Å². The molecule has 0 saturated carbocycles. The number of hydrogen-bond acceptors (Lipinski definition) is 3. The van der Waals surface area contributed by atoms with E-state index in [1.807, 2.05) is 31.2 Å². The predicted molar refractivity (Wildman–Crippen MR) is 77.2 cm³/mol. The Bertz CT molecular complexity index is 477. The first-order chi connectivity index (χ1) is 9.10. The second kappa shape index (κ2) is 7.42. The summed E-state index contributed by atoms with van der Waals surface area (Å²) in [6, 6.07) is 7.81. The third kappa shape index (κ3) is 4.29. The van der Waals surface area contributed by atoms with Crippen molar-refractivity contribution in [3.8, 4) is 6.07 Å². The van der Waals surface area contributed by atoms with E-state index in [-0.39, 0.29) is 5.91 Å². The average molecular weight is 259 g/mol. The fourth-order valence-corrected chi connectivity index (χ4v) is 1.81. The van der Waals surface area contributed by atoms with E-state index in [1.165, 1.54) is 0 Å². The van der Waals surface area contributed by atoms with Gasteiger partial charge in [-0.05, 0) is 37.1 Å². The minimum atomic E-state index is -0.0326. The van der Waals surface area contributed by atoms with Crippen LogP contribution in [0.25, 0.3) is 0 Å². The van der Waals surface area contributed by atoms with Gasteiger partial charge in [-0.25, -0.2) is 0 Å². The zero-order valence-electron chi connectivity index (χ0n) is 11.9. The number of amides is 1. The second-order valence-electron chi connectivity index (χ2n) is 4.59. The molecule has 102 valence electrons. The Kier molecular flexibility index (Phi) is 5.87. The molecule has 0 aromatic heterocycles. The molecule has 1 aromatic rings. The summed E-state index contributed by atoms with van der Waals surface area (Å²) in [5.74, 6) is -0.0326. The molecule has 19 heavy (non-hydrogen) atoms. The number of carbonyl (C=O) groups excluding carboxylic acids is 1. The number of hydrogen-bond donors (Lipinski definition) is 1. The molecule has 0 saturated heterocycles. The van der Waals surface area contributed by atoms with E-state index in [2.05, 4.69) is 12.2 Å². The quantitative estimate of drug-likeness (QED) is 0.854. The molecule has 4 nitrogen and oxygen atoms in total. The largest absolute Gasteiger partial charge is 0.385 e. The molecule has 0 unspecified atom stereocenters. The van der Waals surface area contributed by atoms with Crippen molar-refractivity contribution in [1.82, 2.24) is 4.90 Å². The van der Waals surface area contributed by atoms with Gasteiger partial charge in [-0.15, -0.1) is 0 Å². The Labute approximate surface area is 115 Å². The van der Waals surface area contributed by atoms with Crippen LogP contribution in [0.1, 0.15) is 35.7 Å². The van der Waals surface area contributed by atoms with Gasteiger partial charge in [-0.3, -0.25) is 4.79 Å². The number of rotatable bonds is 6. The molecule has 0 atom stereocenters. The van der Waals surface area contributed by atoms with Crippen molar-refractivity contribution in [2.45, 2.75) is 26.7 Å². The van der Waals surface area contributed by atoms with E-state index in [9.17, 15) is 4.79 Å². The van der Waals surface area contributed by atoms with Gasteiger partial charge in [0.05, 0.1) is 12.5 Å². The fourth-order valence-electron chi connectivity index (χ4n) is 1.81. The molecular formula is C15H21N3O. The number of nitriles is 1. The number of benzene rings is 1. The standard InChI is InChI=1S/C15H21N3O/c1-4-9-17-13-6-7-14(12(2)11-13)15(19)18(3)10-5-8-16/h6-7,11,17H,4-5,9-10H2,1-3H3. The fraction of sp³-hybridized carbons (Fsp3) is 0.467. The van der Waals surface area contributed by atoms with E-state index >= 15 is 0 Å². The maximum Gasteiger partial charge on any atom is 0.253 e. The predicted octanol–water partition coefficient (Wildman–Crippen LogP) is 2.80. The number of anilines is 1. The smallest absolute Gasteiger partial charge is 0.253 e. The highest BCUT2D eigenvalue weighted by molar-refractivity contribution is 5.95. The summed E-state index contributed by atoms with van der Waals surface area (Å²) in [6.45, 7) is 5.43. The van der Waals surface area contributed by atoms with E-state index < -0.39 is 0 Å². The summed E-state index contributed by atoms with van der Waals surface area (Å²) in [5.41, 5.74) is 2.69. The summed E-state index contributed by atoms with van der Waals surface area (Å²) in [6.07, 6.45) is 1.42. The SMILES string of the molecule is CCCNc1ccc(C(=O)N(C)CCC#N)c(C)c1. The van der Waals surface area contributed by atoms with Crippen LogP contribution in [-0.4, -0.2) is 30.9 Å². The first-order valence-electron chi connectivity index (χ1n) is 6.57. The van der Waals surface area contributed by atoms with Gasteiger partial charge >= 0.3 is 0 Å². The van der Waals surface area contributed by atoms with Gasteiger partial charge in [-0.2, -0.15) is 5.26 Å². The van der Waals surface area contributed by atoms with Crippen LogP contribution in [0.3, 0.4) is 0 Å². The van der Waals surface area contributed by atoms with E-state index in [1.54, 1.807) is 11.9 Å². The Morgan fingerprint density at radius 2 is 2.21 bits per heavy atom. The van der Waals surface area contributed by atoms with Gasteiger partial charge < -0.3 is 10.2 Å². The number of nitrogens with zero attached hydrogens (tertiary/aromatic N) is 2. The lowest BCUT2D eigenvalue weighted by Gasteiger charge is -2.17. The topological polar surface area (TPSA) is 56.1 Å². The summed E-state index contributed by atoms with van der Waals surface area (Å²) in [4.78, 5) is 13.8. The van der Waals surface area contributed by atoms with Gasteiger partial charge in [0.2, 0.25) is 0 Å². The van der Waals surface area contributed by atoms with Crippen molar-refractivity contribution in [2.24, 2.45) is 0 Å². The van der Waals surface area contributed by atoms with Gasteiger partial charge in [0.15, 0.2) is 0 Å². The Morgan fingerprint density at radius 1 is 1.47 bits per heavy atom. The molecule has 0 fully saturated rings. The van der Waals surface area contributed by atoms with E-state index in [0.29, 0.717) is 18.5 Å². The molecule has 0 spiro atoms. The van der Waals surface area contributed by atoms with Gasteiger partial charge in [0.1, 0.15) is 0 Å². The molecule has 0 radical (unpaired) electrons. The van der Waals surface area contributed by atoms with Crippen LogP contribution in [0.5, 0.6) is 0 Å². The number of carbonyl (C=O) groups is 1. The van der Waals surface area contributed by atoms with Crippen LogP contribution in [0.2, 0.25) is 0 Å². The molecule has 1 aromatic carbocycles. The first kappa shape index (κ1) is 15.0. The molecule has 1 amide bonds. The Morgan fingerprint density at radius 3 is 2.79 bits per heavy atom. The lowest BCUT2D eigenvalue weighted by atomic mass is 10.1. The van der Waals surface area contributed by atoms with Crippen LogP contribution in [0, 0.1) is 18.3 Å². The average Bonchev–Trinajstić information content (AvgIpc) is 2.41. The van der Waals surface area contributed by atoms with Gasteiger partial charge in [0, 0.05) is 31.4 Å². The summed E-state index contributed by atoms with van der Waals surface area (Å²) >= 11 is 0. The normalized spacial score (nSPS) is 9.79. The Balaban J connectivity index is 2.78. The van der Waals surface area contributed by atoms with Gasteiger partial charge in [-0.1, -0.05) is 6.92 Å². The molecule has 0 aliphatic carbocycles. The molecule has 1 N–H and O–H groups in total. The zero-order chi connectivity index (χ0) is 14.3. The van der Waals surface area contributed by atoms with Gasteiger partial charge in [0.25, 0.3) is 5.91 Å². The van der Waals surface area contributed by atoms with Crippen LogP contribution in [-0.2, 0) is 0 Å². The number of aryl methyl sites for hydroxylation is 1. The third-order valence-electron chi connectivity index (χ3n) is 2.94. The number of nitrogens with one attached hydrogen (secondary N) is 1. The van der Waals surface area contributed by atoms with Crippen molar-refractivity contribution < 1.29 is 4.79 Å². The van der Waals surface area contributed by atoms with Crippen LogP contribution >= 0.6 is 0 Å². The van der Waals surface area contributed by atoms with Crippen molar-refractivity contribution in [1.29, 1.82) is 5.26 Å². The molecular weight excluding hydrogens is 238 g/mol. The van der Waals surface area contributed by atoms with E-state index in [4.69, 9.17) is 5.26 Å². The van der Waals surface area contributed by atoms with Crippen LogP contribution < -0.4 is 5.32 Å². The highest BCUT2D eigenvalue weighted by Gasteiger charge is 2.13. The lowest BCUT2D eigenvalue weighted by Crippen LogP contribution is -2.28. The highest BCUT2D eigenvalue weighted by Crippen LogP contribution is 2.16. The minimum absolute atomic E-state index is 0.0326. The molecule has 0 bridgehead atoms. The van der Waals surface area contributed by atoms with Crippen molar-refractivity contribution in [3.63, 3.8) is 0 Å².